The van der Waals surface area contributed by atoms with Crippen LogP contribution in [0.2, 0.25) is 0 Å². The topological polar surface area (TPSA) is 50.3 Å². The average molecular weight is 310 g/mol. The van der Waals surface area contributed by atoms with Gasteiger partial charge in [-0.25, -0.2) is 4.39 Å². The van der Waals surface area contributed by atoms with E-state index in [0.29, 0.717) is 12.8 Å². The highest BCUT2D eigenvalue weighted by atomic mass is 19.1. The molecule has 2 amide bonds. The van der Waals surface area contributed by atoms with Gasteiger partial charge in [-0.15, -0.1) is 0 Å². The Labute approximate surface area is 133 Å². The van der Waals surface area contributed by atoms with Crippen LogP contribution in [0.1, 0.15) is 18.4 Å². The summed E-state index contributed by atoms with van der Waals surface area (Å²) in [5.74, 6) is -0.520. The summed E-state index contributed by atoms with van der Waals surface area (Å²) in [6.07, 6.45) is 5.90. The van der Waals surface area contributed by atoms with Crippen molar-refractivity contribution in [3.8, 4) is 11.3 Å². The number of aromatic nitrogens is 1. The number of rotatable bonds is 4. The second-order valence-electron chi connectivity index (χ2n) is 5.28. The Kier molecular flexibility index (Phi) is 4.28. The second kappa shape index (κ2) is 6.52. The van der Waals surface area contributed by atoms with Crippen LogP contribution in [-0.2, 0) is 9.59 Å². The molecule has 0 bridgehead atoms. The van der Waals surface area contributed by atoms with Crippen LogP contribution < -0.4 is 0 Å². The number of benzene rings is 1. The first kappa shape index (κ1) is 15.1. The number of imide groups is 1. The van der Waals surface area contributed by atoms with Crippen molar-refractivity contribution in [3.05, 3.63) is 60.1 Å². The first-order valence-corrected chi connectivity index (χ1v) is 7.35. The van der Waals surface area contributed by atoms with Crippen molar-refractivity contribution in [2.75, 3.05) is 6.54 Å². The number of amides is 2. The molecule has 1 aromatic heterocycles. The predicted molar refractivity (Wildman–Crippen MR) is 84.6 cm³/mol. The van der Waals surface area contributed by atoms with Gasteiger partial charge in [0.25, 0.3) is 0 Å². The van der Waals surface area contributed by atoms with E-state index in [1.165, 1.54) is 17.0 Å². The zero-order valence-electron chi connectivity index (χ0n) is 12.4. The molecule has 3 rings (SSSR count). The number of hydrogen-bond donors (Lipinski definition) is 0. The summed E-state index contributed by atoms with van der Waals surface area (Å²) in [7, 11) is 0. The van der Waals surface area contributed by atoms with Crippen molar-refractivity contribution < 1.29 is 14.0 Å². The molecule has 4 nitrogen and oxygen atoms in total. The van der Waals surface area contributed by atoms with Crippen molar-refractivity contribution in [1.29, 1.82) is 0 Å². The first-order chi connectivity index (χ1) is 11.1. The summed E-state index contributed by atoms with van der Waals surface area (Å²) < 4.78 is 12.9. The van der Waals surface area contributed by atoms with Crippen LogP contribution in [0.25, 0.3) is 17.3 Å². The Morgan fingerprint density at radius 1 is 1.04 bits per heavy atom. The molecule has 1 aliphatic rings. The number of carbonyl (C=O) groups is 2. The molecule has 116 valence electrons. The molecule has 0 atom stereocenters. The zero-order valence-corrected chi connectivity index (χ0v) is 12.4. The van der Waals surface area contributed by atoms with Crippen molar-refractivity contribution >= 4 is 17.9 Å². The number of halogens is 1. The molecule has 1 fully saturated rings. The minimum atomic E-state index is -0.278. The van der Waals surface area contributed by atoms with Crippen molar-refractivity contribution in [1.82, 2.24) is 9.88 Å². The van der Waals surface area contributed by atoms with Crippen LogP contribution >= 0.6 is 0 Å². The molecule has 0 saturated carbocycles. The van der Waals surface area contributed by atoms with Gasteiger partial charge >= 0.3 is 0 Å². The third-order valence-electron chi connectivity index (χ3n) is 3.68. The fraction of sp³-hybridized carbons (Fsp3) is 0.167. The van der Waals surface area contributed by atoms with Gasteiger partial charge in [0.1, 0.15) is 5.82 Å². The minimum absolute atomic E-state index is 0.121. The molecule has 2 aromatic rings. The van der Waals surface area contributed by atoms with E-state index in [0.717, 1.165) is 16.8 Å². The fourth-order valence-electron chi connectivity index (χ4n) is 2.42. The molecule has 0 aliphatic carbocycles. The van der Waals surface area contributed by atoms with Crippen LogP contribution in [0.4, 0.5) is 4.39 Å². The molecule has 2 heterocycles. The Morgan fingerprint density at radius 2 is 1.74 bits per heavy atom. The molecule has 0 unspecified atom stereocenters. The van der Waals surface area contributed by atoms with Gasteiger partial charge in [0, 0.05) is 31.1 Å². The van der Waals surface area contributed by atoms with Gasteiger partial charge in [0.2, 0.25) is 11.8 Å². The number of hydrogen-bond acceptors (Lipinski definition) is 3. The molecule has 1 saturated heterocycles. The number of carbonyl (C=O) groups excluding carboxylic acids is 2. The molecule has 0 N–H and O–H groups in total. The van der Waals surface area contributed by atoms with Gasteiger partial charge in [-0.05, 0) is 35.9 Å². The third kappa shape index (κ3) is 3.51. The lowest BCUT2D eigenvalue weighted by Gasteiger charge is -2.09. The molecule has 0 radical (unpaired) electrons. The fourth-order valence-corrected chi connectivity index (χ4v) is 2.42. The summed E-state index contributed by atoms with van der Waals surface area (Å²) in [6.45, 7) is 0.289. The van der Waals surface area contributed by atoms with E-state index < -0.39 is 0 Å². The van der Waals surface area contributed by atoms with Crippen LogP contribution in [-0.4, -0.2) is 28.2 Å². The number of likely N-dealkylation sites (tertiary alicyclic amines) is 1. The van der Waals surface area contributed by atoms with Gasteiger partial charge in [-0.1, -0.05) is 18.2 Å². The summed E-state index contributed by atoms with van der Waals surface area (Å²) in [6, 6.07) is 9.88. The molecule has 5 heteroatoms. The maximum atomic E-state index is 12.9. The van der Waals surface area contributed by atoms with Crippen molar-refractivity contribution in [3.63, 3.8) is 0 Å². The van der Waals surface area contributed by atoms with Crippen molar-refractivity contribution in [2.45, 2.75) is 12.8 Å². The Balaban J connectivity index is 1.65. The Morgan fingerprint density at radius 3 is 2.35 bits per heavy atom. The van der Waals surface area contributed by atoms with Crippen LogP contribution in [0.5, 0.6) is 0 Å². The molecule has 23 heavy (non-hydrogen) atoms. The Bertz CT molecular complexity index is 736. The van der Waals surface area contributed by atoms with Crippen molar-refractivity contribution in [2.24, 2.45) is 0 Å². The number of nitrogens with zero attached hydrogens (tertiary/aromatic N) is 2. The van der Waals surface area contributed by atoms with Crippen LogP contribution in [0, 0.1) is 5.82 Å². The summed E-state index contributed by atoms with van der Waals surface area (Å²) in [5, 5.41) is 0. The average Bonchev–Trinajstić information content (AvgIpc) is 2.88. The lowest BCUT2D eigenvalue weighted by Crippen LogP contribution is -2.28. The highest BCUT2D eigenvalue weighted by molar-refractivity contribution is 6.02. The number of pyridine rings is 1. The van der Waals surface area contributed by atoms with E-state index in [1.807, 2.05) is 18.2 Å². The smallest absolute Gasteiger partial charge is 0.229 e. The van der Waals surface area contributed by atoms with Gasteiger partial charge in [-0.2, -0.15) is 0 Å². The summed E-state index contributed by atoms with van der Waals surface area (Å²) in [4.78, 5) is 28.6. The molecule has 0 spiro atoms. The van der Waals surface area contributed by atoms with Gasteiger partial charge in [0.05, 0.1) is 5.69 Å². The first-order valence-electron chi connectivity index (χ1n) is 7.35. The lowest BCUT2D eigenvalue weighted by atomic mass is 10.1. The highest BCUT2D eigenvalue weighted by Gasteiger charge is 2.27. The molecule has 1 aliphatic heterocycles. The predicted octanol–water partition coefficient (Wildman–Crippen LogP) is 3.05. The summed E-state index contributed by atoms with van der Waals surface area (Å²) >= 11 is 0. The monoisotopic (exact) mass is 310 g/mol. The maximum absolute atomic E-state index is 12.9. The second-order valence-corrected chi connectivity index (χ2v) is 5.28. The lowest BCUT2D eigenvalue weighted by molar-refractivity contribution is -0.137. The molecule has 1 aromatic carbocycles. The third-order valence-corrected chi connectivity index (χ3v) is 3.68. The Hall–Kier alpha value is -2.82. The standard InChI is InChI=1S/C18H15FN2O2/c19-15-6-4-14(5-7-15)16-8-3-13(12-20-16)2-1-11-21-17(22)9-10-18(21)23/h1-8,12H,9-11H2. The maximum Gasteiger partial charge on any atom is 0.229 e. The normalized spacial score (nSPS) is 14.9. The van der Waals surface area contributed by atoms with Gasteiger partial charge < -0.3 is 0 Å². The van der Waals surface area contributed by atoms with E-state index >= 15 is 0 Å². The molecular weight excluding hydrogens is 295 g/mol. The highest BCUT2D eigenvalue weighted by Crippen LogP contribution is 2.18. The van der Waals surface area contributed by atoms with Crippen LogP contribution in [0.15, 0.2) is 48.7 Å². The molecular formula is C18H15FN2O2. The van der Waals surface area contributed by atoms with Crippen LogP contribution in [0.3, 0.4) is 0 Å². The van der Waals surface area contributed by atoms with E-state index in [9.17, 15) is 14.0 Å². The summed E-state index contributed by atoms with van der Waals surface area (Å²) in [5.41, 5.74) is 2.47. The SMILES string of the molecule is O=C1CCC(=O)N1CC=Cc1ccc(-c2ccc(F)cc2)nc1. The quantitative estimate of drug-likeness (QED) is 0.816. The van der Waals surface area contributed by atoms with E-state index in [2.05, 4.69) is 4.98 Å². The van der Waals surface area contributed by atoms with Gasteiger partial charge in [0.15, 0.2) is 0 Å². The van der Waals surface area contributed by atoms with E-state index in [1.54, 1.807) is 24.4 Å². The minimum Gasteiger partial charge on any atom is -0.279 e. The largest absolute Gasteiger partial charge is 0.279 e. The zero-order chi connectivity index (χ0) is 16.2. The van der Waals surface area contributed by atoms with E-state index in [-0.39, 0.29) is 24.2 Å². The van der Waals surface area contributed by atoms with E-state index in [4.69, 9.17) is 0 Å². The van der Waals surface area contributed by atoms with Gasteiger partial charge in [-0.3, -0.25) is 19.5 Å².